The van der Waals surface area contributed by atoms with E-state index in [0.29, 0.717) is 22.6 Å². The lowest BCUT2D eigenvalue weighted by Gasteiger charge is -2.22. The van der Waals surface area contributed by atoms with Gasteiger partial charge in [-0.25, -0.2) is 9.78 Å². The lowest BCUT2D eigenvalue weighted by atomic mass is 10.1. The van der Waals surface area contributed by atoms with Crippen molar-refractivity contribution in [1.82, 2.24) is 9.55 Å². The number of primary amides is 1. The monoisotopic (exact) mass is 534 g/mol. The molecule has 1 aliphatic heterocycles. The van der Waals surface area contributed by atoms with Crippen LogP contribution in [0.15, 0.2) is 12.1 Å². The zero-order chi connectivity index (χ0) is 28.3. The first-order valence-electron chi connectivity index (χ1n) is 11.8. The number of aromatic nitrogens is 2. The quantitative estimate of drug-likeness (QED) is 0.460. The molecule has 204 valence electrons. The number of nitrogens with two attached hydrogens (primary N) is 1. The van der Waals surface area contributed by atoms with Crippen LogP contribution in [-0.4, -0.2) is 40.4 Å². The van der Waals surface area contributed by atoms with E-state index in [2.05, 4.69) is 10.3 Å². The molecule has 0 radical (unpaired) electrons. The first-order valence-corrected chi connectivity index (χ1v) is 11.8. The maximum absolute atomic E-state index is 14.4. The molecule has 9 nitrogen and oxygen atoms in total. The number of pyridine rings is 1. The number of anilines is 1. The molecular weight excluding hydrogens is 505 g/mol. The molecule has 4 rings (SSSR count). The van der Waals surface area contributed by atoms with Crippen molar-refractivity contribution in [3.8, 4) is 17.2 Å². The number of ether oxygens (including phenoxy) is 3. The van der Waals surface area contributed by atoms with E-state index in [0.717, 1.165) is 0 Å². The molecule has 2 aromatic heterocycles. The summed E-state index contributed by atoms with van der Waals surface area (Å²) in [6, 6.07) is 3.42. The lowest BCUT2D eigenvalue weighted by Crippen LogP contribution is -2.29. The molecule has 0 bridgehead atoms. The van der Waals surface area contributed by atoms with Gasteiger partial charge in [0.05, 0.1) is 24.1 Å². The first-order chi connectivity index (χ1) is 17.5. The Hall–Kier alpha value is -3.96. The average Bonchev–Trinajstić information content (AvgIpc) is 3.28. The van der Waals surface area contributed by atoms with Crippen molar-refractivity contribution in [2.75, 3.05) is 12.4 Å². The van der Waals surface area contributed by atoms with Crippen LogP contribution in [0.2, 0.25) is 0 Å². The first kappa shape index (κ1) is 27.1. The summed E-state index contributed by atoms with van der Waals surface area (Å²) in [5.74, 6) is -0.990. The van der Waals surface area contributed by atoms with Crippen molar-refractivity contribution >= 4 is 28.7 Å². The van der Waals surface area contributed by atoms with Gasteiger partial charge >= 0.3 is 12.3 Å². The largest absolute Gasteiger partial charge is 0.496 e. The minimum Gasteiger partial charge on any atom is -0.496 e. The molecule has 0 saturated heterocycles. The van der Waals surface area contributed by atoms with Crippen LogP contribution in [-0.2, 0) is 17.3 Å². The summed E-state index contributed by atoms with van der Waals surface area (Å²) in [5, 5.41) is 1.91. The Labute approximate surface area is 217 Å². The summed E-state index contributed by atoms with van der Waals surface area (Å²) in [4.78, 5) is 29.6. The molecular formula is C26H29F3N4O5. The normalized spacial score (nSPS) is 15.3. The zero-order valence-corrected chi connectivity index (χ0v) is 22.1. The van der Waals surface area contributed by atoms with E-state index < -0.39 is 46.5 Å². The number of rotatable bonds is 4. The molecule has 2 amide bonds. The third-order valence-electron chi connectivity index (χ3n) is 6.09. The predicted octanol–water partition coefficient (Wildman–Crippen LogP) is 5.44. The number of carbonyl (C=O) groups is 2. The van der Waals surface area contributed by atoms with E-state index in [1.54, 1.807) is 53.7 Å². The van der Waals surface area contributed by atoms with Crippen LogP contribution in [0, 0.1) is 13.8 Å². The molecule has 12 heteroatoms. The van der Waals surface area contributed by atoms with Gasteiger partial charge in [-0.05, 0) is 53.2 Å². The number of benzene rings is 1. The van der Waals surface area contributed by atoms with Gasteiger partial charge in [-0.1, -0.05) is 6.07 Å². The molecule has 1 unspecified atom stereocenters. The number of halogens is 3. The van der Waals surface area contributed by atoms with Gasteiger partial charge in [-0.2, -0.15) is 13.2 Å². The summed E-state index contributed by atoms with van der Waals surface area (Å²) in [7, 11) is 1.46. The highest BCUT2D eigenvalue weighted by Crippen LogP contribution is 2.48. The van der Waals surface area contributed by atoms with Crippen LogP contribution in [0.4, 0.5) is 23.8 Å². The van der Waals surface area contributed by atoms with Crippen LogP contribution < -0.4 is 20.5 Å². The van der Waals surface area contributed by atoms with Crippen LogP contribution in [0.5, 0.6) is 11.5 Å². The Kier molecular flexibility index (Phi) is 6.49. The number of fused-ring (bicyclic) bond motifs is 3. The SMILES string of the molecule is COc1ccc(C)c(-n2c(NC(=O)OC(C)(C)C)c(C(N)=O)c3c(C(F)(F)F)nc4c(c32)OC(C)C4)c1C. The molecule has 3 N–H and O–H groups in total. The fourth-order valence-corrected chi connectivity index (χ4v) is 4.74. The number of alkyl halides is 3. The highest BCUT2D eigenvalue weighted by Gasteiger charge is 2.43. The Bertz CT molecular complexity index is 1470. The van der Waals surface area contributed by atoms with Gasteiger partial charge in [0.15, 0.2) is 11.4 Å². The van der Waals surface area contributed by atoms with Crippen molar-refractivity contribution in [3.05, 3.63) is 40.2 Å². The Balaban J connectivity index is 2.25. The molecule has 3 heterocycles. The molecule has 0 fully saturated rings. The second-order valence-corrected chi connectivity index (χ2v) is 10.2. The summed E-state index contributed by atoms with van der Waals surface area (Å²) < 4.78 is 61.4. The number of hydrogen-bond donors (Lipinski definition) is 2. The maximum Gasteiger partial charge on any atom is 0.434 e. The smallest absolute Gasteiger partial charge is 0.434 e. The lowest BCUT2D eigenvalue weighted by molar-refractivity contribution is -0.139. The molecule has 3 aromatic rings. The van der Waals surface area contributed by atoms with Gasteiger partial charge in [0.25, 0.3) is 5.91 Å². The molecule has 0 spiro atoms. The second-order valence-electron chi connectivity index (χ2n) is 10.2. The minimum atomic E-state index is -4.95. The summed E-state index contributed by atoms with van der Waals surface area (Å²) in [5.41, 5.74) is 4.39. The predicted molar refractivity (Wildman–Crippen MR) is 134 cm³/mol. The molecule has 1 aromatic carbocycles. The van der Waals surface area contributed by atoms with Crippen molar-refractivity contribution < 1.29 is 37.0 Å². The van der Waals surface area contributed by atoms with E-state index >= 15 is 0 Å². The number of methoxy groups -OCH3 is 1. The third-order valence-corrected chi connectivity index (χ3v) is 6.09. The van der Waals surface area contributed by atoms with E-state index in [1.807, 2.05) is 0 Å². The Morgan fingerprint density at radius 3 is 2.42 bits per heavy atom. The van der Waals surface area contributed by atoms with Crippen molar-refractivity contribution in [1.29, 1.82) is 0 Å². The van der Waals surface area contributed by atoms with Gasteiger partial charge in [0.1, 0.15) is 28.8 Å². The Morgan fingerprint density at radius 1 is 1.21 bits per heavy atom. The number of nitrogens with zero attached hydrogens (tertiary/aromatic N) is 2. The Morgan fingerprint density at radius 2 is 1.87 bits per heavy atom. The maximum atomic E-state index is 14.4. The van der Waals surface area contributed by atoms with Crippen LogP contribution in [0.3, 0.4) is 0 Å². The van der Waals surface area contributed by atoms with Crippen molar-refractivity contribution in [2.45, 2.75) is 65.8 Å². The van der Waals surface area contributed by atoms with E-state index in [1.165, 1.54) is 11.7 Å². The number of aryl methyl sites for hydroxylation is 1. The van der Waals surface area contributed by atoms with Gasteiger partial charge < -0.3 is 19.9 Å². The van der Waals surface area contributed by atoms with Gasteiger partial charge in [0, 0.05) is 17.4 Å². The van der Waals surface area contributed by atoms with Crippen molar-refractivity contribution in [3.63, 3.8) is 0 Å². The molecule has 1 aliphatic rings. The molecule has 38 heavy (non-hydrogen) atoms. The van der Waals surface area contributed by atoms with E-state index in [9.17, 15) is 22.8 Å². The summed E-state index contributed by atoms with van der Waals surface area (Å²) in [6.45, 7) is 10.0. The third kappa shape index (κ3) is 4.59. The van der Waals surface area contributed by atoms with Gasteiger partial charge in [-0.3, -0.25) is 14.7 Å². The van der Waals surface area contributed by atoms with E-state index in [4.69, 9.17) is 19.9 Å². The highest BCUT2D eigenvalue weighted by molar-refractivity contribution is 6.16. The zero-order valence-electron chi connectivity index (χ0n) is 22.1. The van der Waals surface area contributed by atoms with Gasteiger partial charge in [0.2, 0.25) is 0 Å². The van der Waals surface area contributed by atoms with Crippen LogP contribution in [0.1, 0.15) is 60.6 Å². The number of hydrogen-bond acceptors (Lipinski definition) is 6. The number of nitrogens with one attached hydrogen (secondary N) is 1. The summed E-state index contributed by atoms with van der Waals surface area (Å²) in [6.07, 6.45) is -6.29. The highest BCUT2D eigenvalue weighted by atomic mass is 19.4. The topological polar surface area (TPSA) is 118 Å². The average molecular weight is 535 g/mol. The molecule has 0 saturated carbocycles. The molecule has 1 atom stereocenters. The van der Waals surface area contributed by atoms with Crippen LogP contribution in [0.25, 0.3) is 16.6 Å². The van der Waals surface area contributed by atoms with Gasteiger partial charge in [-0.15, -0.1) is 0 Å². The van der Waals surface area contributed by atoms with E-state index in [-0.39, 0.29) is 29.2 Å². The minimum absolute atomic E-state index is 0.0712. The summed E-state index contributed by atoms with van der Waals surface area (Å²) >= 11 is 0. The fourth-order valence-electron chi connectivity index (χ4n) is 4.74. The standard InChI is InChI=1S/C26H29F3N4O5/c1-11-8-9-15(36-7)13(3)18(11)33-19-16(17(22(30)34)23(33)32-24(35)38-25(4,5)6)21(26(27,28)29)31-14-10-12(2)37-20(14)19/h8-9,12H,10H2,1-7H3,(H2,30,34)(H,32,35). The fraction of sp³-hybridized carbons (Fsp3) is 0.423. The number of carbonyl (C=O) groups excluding carboxylic acids is 2. The van der Waals surface area contributed by atoms with Crippen LogP contribution >= 0.6 is 0 Å². The number of amides is 2. The van der Waals surface area contributed by atoms with Crippen molar-refractivity contribution in [2.24, 2.45) is 5.73 Å². The second kappa shape index (κ2) is 9.10. The molecule has 0 aliphatic carbocycles.